The predicted molar refractivity (Wildman–Crippen MR) is 130 cm³/mol. The van der Waals surface area contributed by atoms with Crippen LogP contribution < -0.4 is 5.32 Å². The van der Waals surface area contributed by atoms with E-state index < -0.39 is 10.0 Å². The van der Waals surface area contributed by atoms with Gasteiger partial charge in [-0.2, -0.15) is 13.5 Å². The summed E-state index contributed by atoms with van der Waals surface area (Å²) in [5, 5.41) is 7.42. The van der Waals surface area contributed by atoms with Crippen LogP contribution in [0, 0.1) is 0 Å². The van der Waals surface area contributed by atoms with Crippen molar-refractivity contribution in [3.63, 3.8) is 0 Å². The van der Waals surface area contributed by atoms with Crippen LogP contribution in [0.1, 0.15) is 21.5 Å². The fraction of sp³-hybridized carbons (Fsp3) is 0.0800. The number of rotatable bonds is 5. The maximum Gasteiger partial charge on any atom is 0.285 e. The van der Waals surface area contributed by atoms with Crippen LogP contribution in [0.25, 0.3) is 5.69 Å². The van der Waals surface area contributed by atoms with E-state index >= 15 is 0 Å². The zero-order valence-corrected chi connectivity index (χ0v) is 19.1. The Morgan fingerprint density at radius 3 is 2.44 bits per heavy atom. The number of sulfonamides is 1. The molecule has 0 fully saturated rings. The quantitative estimate of drug-likeness (QED) is 0.479. The minimum Gasteiger partial charge on any atom is -0.339 e. The Morgan fingerprint density at radius 2 is 1.68 bits per heavy atom. The zero-order chi connectivity index (χ0) is 23.7. The summed E-state index contributed by atoms with van der Waals surface area (Å²) in [5.74, 6) is 0.132. The molecule has 3 aromatic carbocycles. The molecular formula is C25H21N5O3S. The van der Waals surface area contributed by atoms with Crippen LogP contribution in [0.4, 0.5) is 5.69 Å². The number of benzene rings is 3. The maximum absolute atomic E-state index is 12.9. The number of nitrogens with one attached hydrogen (secondary N) is 1. The summed E-state index contributed by atoms with van der Waals surface area (Å²) in [6.45, 7) is 0.414. The molecule has 0 unspecified atom stereocenters. The zero-order valence-electron chi connectivity index (χ0n) is 18.3. The lowest BCUT2D eigenvalue weighted by Gasteiger charge is -2.16. The predicted octanol–water partition coefficient (Wildman–Crippen LogP) is 3.71. The second kappa shape index (κ2) is 8.60. The molecule has 0 spiro atoms. The number of amides is 1. The smallest absolute Gasteiger partial charge is 0.285 e. The number of anilines is 1. The van der Waals surface area contributed by atoms with Crippen molar-refractivity contribution in [2.45, 2.75) is 11.4 Å². The molecule has 1 N–H and O–H groups in total. The third kappa shape index (κ3) is 4.20. The molecule has 0 radical (unpaired) electrons. The fourth-order valence-electron chi connectivity index (χ4n) is 3.76. The van der Waals surface area contributed by atoms with E-state index in [1.807, 2.05) is 36.5 Å². The first-order valence-corrected chi connectivity index (χ1v) is 12.0. The van der Waals surface area contributed by atoms with Crippen LogP contribution >= 0.6 is 0 Å². The van der Waals surface area contributed by atoms with Crippen molar-refractivity contribution >= 4 is 27.5 Å². The normalized spacial score (nSPS) is 13.7. The molecule has 4 aromatic rings. The SMILES string of the molecule is CN(Cc1cnn(-c2ccccc2)c1)C(=O)c1ccc(NC2=NS(=O)(=O)c3ccccc32)cc1. The molecule has 1 aliphatic heterocycles. The van der Waals surface area contributed by atoms with Crippen molar-refractivity contribution < 1.29 is 13.2 Å². The minimum absolute atomic E-state index is 0.134. The second-order valence-corrected chi connectivity index (χ2v) is 9.48. The Morgan fingerprint density at radius 1 is 0.971 bits per heavy atom. The Hall–Kier alpha value is -4.24. The van der Waals surface area contributed by atoms with Gasteiger partial charge in [0, 0.05) is 42.2 Å². The molecule has 0 saturated heterocycles. The van der Waals surface area contributed by atoms with Crippen LogP contribution in [-0.2, 0) is 16.6 Å². The molecule has 5 rings (SSSR count). The molecule has 1 amide bonds. The number of hydrogen-bond acceptors (Lipinski definition) is 5. The van der Waals surface area contributed by atoms with Crippen molar-refractivity contribution in [1.82, 2.24) is 14.7 Å². The third-order valence-electron chi connectivity index (χ3n) is 5.45. The lowest BCUT2D eigenvalue weighted by molar-refractivity contribution is 0.0785. The van der Waals surface area contributed by atoms with Gasteiger partial charge in [-0.15, -0.1) is 4.40 Å². The van der Waals surface area contributed by atoms with Crippen molar-refractivity contribution in [3.05, 3.63) is 108 Å². The molecule has 9 heteroatoms. The molecule has 1 aliphatic rings. The summed E-state index contributed by atoms with van der Waals surface area (Å²) in [5.41, 5.74) is 3.54. The van der Waals surface area contributed by atoms with E-state index in [-0.39, 0.29) is 16.6 Å². The van der Waals surface area contributed by atoms with Gasteiger partial charge in [0.05, 0.1) is 11.9 Å². The van der Waals surface area contributed by atoms with Crippen molar-refractivity contribution in [1.29, 1.82) is 0 Å². The lowest BCUT2D eigenvalue weighted by atomic mass is 10.1. The highest BCUT2D eigenvalue weighted by Crippen LogP contribution is 2.26. The molecule has 34 heavy (non-hydrogen) atoms. The summed E-state index contributed by atoms with van der Waals surface area (Å²) in [6.07, 6.45) is 3.65. The summed E-state index contributed by atoms with van der Waals surface area (Å²) < 4.78 is 30.1. The summed E-state index contributed by atoms with van der Waals surface area (Å²) in [7, 11) is -1.96. The first-order chi connectivity index (χ1) is 16.4. The van der Waals surface area contributed by atoms with Crippen molar-refractivity contribution in [2.75, 3.05) is 12.4 Å². The molecule has 0 aliphatic carbocycles. The van der Waals surface area contributed by atoms with Gasteiger partial charge in [0.2, 0.25) is 0 Å². The molecule has 0 atom stereocenters. The summed E-state index contributed by atoms with van der Waals surface area (Å²) in [6, 6.07) is 23.3. The van der Waals surface area contributed by atoms with Gasteiger partial charge in [0.15, 0.2) is 5.84 Å². The van der Waals surface area contributed by atoms with E-state index in [2.05, 4.69) is 14.8 Å². The van der Waals surface area contributed by atoms with Crippen LogP contribution in [-0.4, -0.2) is 41.9 Å². The number of hydrogen-bond donors (Lipinski definition) is 1. The average Bonchev–Trinajstić information content (AvgIpc) is 3.42. The number of aromatic nitrogens is 2. The first-order valence-electron chi connectivity index (χ1n) is 10.6. The molecular weight excluding hydrogens is 450 g/mol. The van der Waals surface area contributed by atoms with Gasteiger partial charge in [-0.3, -0.25) is 4.79 Å². The van der Waals surface area contributed by atoms with E-state index in [1.165, 1.54) is 6.07 Å². The monoisotopic (exact) mass is 471 g/mol. The molecule has 2 heterocycles. The number of carbonyl (C=O) groups is 1. The number of carbonyl (C=O) groups excluding carboxylic acids is 1. The highest BCUT2D eigenvalue weighted by Gasteiger charge is 2.28. The van der Waals surface area contributed by atoms with Crippen molar-refractivity contribution in [3.8, 4) is 5.69 Å². The molecule has 1 aromatic heterocycles. The van der Waals surface area contributed by atoms with Gasteiger partial charge < -0.3 is 10.2 Å². The minimum atomic E-state index is -3.70. The summed E-state index contributed by atoms with van der Waals surface area (Å²) >= 11 is 0. The van der Waals surface area contributed by atoms with Gasteiger partial charge in [-0.05, 0) is 48.5 Å². The molecule has 0 saturated carbocycles. The third-order valence-corrected chi connectivity index (χ3v) is 6.78. The highest BCUT2D eigenvalue weighted by molar-refractivity contribution is 7.90. The fourth-order valence-corrected chi connectivity index (χ4v) is 4.93. The topological polar surface area (TPSA) is 96.7 Å². The number of amidine groups is 1. The van der Waals surface area contributed by atoms with E-state index in [4.69, 9.17) is 0 Å². The Labute approximate surface area is 197 Å². The Balaban J connectivity index is 1.26. The van der Waals surface area contributed by atoms with Crippen molar-refractivity contribution in [2.24, 2.45) is 4.40 Å². The maximum atomic E-state index is 12.9. The van der Waals surface area contributed by atoms with Gasteiger partial charge in [-0.1, -0.05) is 30.3 Å². The average molecular weight is 472 g/mol. The number of fused-ring (bicyclic) bond motifs is 1. The first kappa shape index (κ1) is 21.6. The second-order valence-electron chi connectivity index (χ2n) is 7.90. The largest absolute Gasteiger partial charge is 0.339 e. The van der Waals surface area contributed by atoms with E-state index in [0.29, 0.717) is 23.4 Å². The van der Waals surface area contributed by atoms with E-state index in [1.54, 1.807) is 65.3 Å². The van der Waals surface area contributed by atoms with Gasteiger partial charge >= 0.3 is 0 Å². The van der Waals surface area contributed by atoms with E-state index in [9.17, 15) is 13.2 Å². The number of para-hydroxylation sites is 1. The summed E-state index contributed by atoms with van der Waals surface area (Å²) in [4.78, 5) is 14.7. The standard InChI is InChI=1S/C25H21N5O3S/c1-29(16-18-15-26-30(17-18)21-7-3-2-4-8-21)25(31)19-11-13-20(14-12-19)27-24-22-9-5-6-10-23(22)34(32,33)28-24/h2-15,17H,16H2,1H3,(H,27,28). The van der Waals surface area contributed by atoms with Gasteiger partial charge in [0.25, 0.3) is 15.9 Å². The van der Waals surface area contributed by atoms with Crippen LogP contribution in [0.3, 0.4) is 0 Å². The lowest BCUT2D eigenvalue weighted by Crippen LogP contribution is -2.26. The van der Waals surface area contributed by atoms with Gasteiger partial charge in [-0.25, -0.2) is 4.68 Å². The Kier molecular flexibility index (Phi) is 5.46. The number of nitrogens with zero attached hydrogens (tertiary/aromatic N) is 4. The molecule has 8 nitrogen and oxygen atoms in total. The van der Waals surface area contributed by atoms with Crippen LogP contribution in [0.15, 0.2) is 101 Å². The van der Waals surface area contributed by atoms with Gasteiger partial charge in [0.1, 0.15) is 4.90 Å². The Bertz CT molecular complexity index is 1490. The van der Waals surface area contributed by atoms with E-state index in [0.717, 1.165) is 11.3 Å². The van der Waals surface area contributed by atoms with Crippen LogP contribution in [0.2, 0.25) is 0 Å². The highest BCUT2D eigenvalue weighted by atomic mass is 32.2. The van der Waals surface area contributed by atoms with Crippen LogP contribution in [0.5, 0.6) is 0 Å². The molecule has 0 bridgehead atoms. The molecule has 170 valence electrons.